The van der Waals surface area contributed by atoms with Gasteiger partial charge < -0.3 is 29.1 Å². The average molecular weight is 567 g/mol. The van der Waals surface area contributed by atoms with E-state index < -0.39 is 28.7 Å². The van der Waals surface area contributed by atoms with Gasteiger partial charge in [-0.2, -0.15) is 0 Å². The highest BCUT2D eigenvalue weighted by Gasteiger charge is 2.47. The second kappa shape index (κ2) is 15.1. The van der Waals surface area contributed by atoms with Gasteiger partial charge in [0.05, 0.1) is 11.3 Å². The molecule has 10 heteroatoms. The Morgan fingerprint density at radius 3 is 2.05 bits per heavy atom. The summed E-state index contributed by atoms with van der Waals surface area (Å²) < 4.78 is 15.8. The van der Waals surface area contributed by atoms with E-state index >= 15 is 0 Å². The lowest BCUT2D eigenvalue weighted by Gasteiger charge is -2.42. The van der Waals surface area contributed by atoms with Gasteiger partial charge in [-0.1, -0.05) is 25.2 Å². The molecule has 40 heavy (non-hydrogen) atoms. The third-order valence-electron chi connectivity index (χ3n) is 6.79. The molecule has 0 aromatic rings. The first-order valence-electron chi connectivity index (χ1n) is 14.1. The summed E-state index contributed by atoms with van der Waals surface area (Å²) in [5.41, 5.74) is -2.06. The third kappa shape index (κ3) is 11.2. The summed E-state index contributed by atoms with van der Waals surface area (Å²) in [5.74, 6) is -1.57. The third-order valence-corrected chi connectivity index (χ3v) is 6.79. The van der Waals surface area contributed by atoms with Crippen molar-refractivity contribution in [1.82, 2.24) is 9.80 Å². The van der Waals surface area contributed by atoms with Gasteiger partial charge in [-0.15, -0.1) is 6.58 Å². The number of carbonyl (C=O) groups is 4. The van der Waals surface area contributed by atoms with Crippen molar-refractivity contribution < 1.29 is 38.5 Å². The number of likely N-dealkylation sites (tertiary alicyclic amines) is 2. The molecule has 0 aromatic carbocycles. The predicted octanol–water partition coefficient (Wildman–Crippen LogP) is 5.66. The number of piperidine rings is 2. The van der Waals surface area contributed by atoms with Gasteiger partial charge >= 0.3 is 24.1 Å². The zero-order chi connectivity index (χ0) is 30.7. The van der Waals surface area contributed by atoms with Crippen molar-refractivity contribution in [2.75, 3.05) is 32.8 Å². The summed E-state index contributed by atoms with van der Waals surface area (Å²) >= 11 is 0. The monoisotopic (exact) mass is 566 g/mol. The van der Waals surface area contributed by atoms with Crippen molar-refractivity contribution in [3.8, 4) is 0 Å². The number of amides is 2. The molecule has 0 saturated carbocycles. The Morgan fingerprint density at radius 2 is 1.55 bits per heavy atom. The van der Waals surface area contributed by atoms with Crippen molar-refractivity contribution in [2.24, 2.45) is 17.3 Å². The minimum Gasteiger partial charge on any atom is -0.481 e. The summed E-state index contributed by atoms with van der Waals surface area (Å²) in [6.45, 7) is 20.3. The lowest BCUT2D eigenvalue weighted by atomic mass is 9.70. The molecule has 3 unspecified atom stereocenters. The molecule has 228 valence electrons. The molecule has 2 amide bonds. The summed E-state index contributed by atoms with van der Waals surface area (Å²) in [5, 5.41) is 9.60. The molecule has 2 heterocycles. The minimum absolute atomic E-state index is 0.171. The van der Waals surface area contributed by atoms with Gasteiger partial charge in [0.15, 0.2) is 0 Å². The van der Waals surface area contributed by atoms with Crippen molar-refractivity contribution in [1.29, 1.82) is 0 Å². The fourth-order valence-corrected chi connectivity index (χ4v) is 4.54. The summed E-state index contributed by atoms with van der Waals surface area (Å²) in [4.78, 5) is 50.8. The molecular weight excluding hydrogens is 516 g/mol. The average Bonchev–Trinajstić information content (AvgIpc) is 2.86. The molecule has 0 aromatic heterocycles. The van der Waals surface area contributed by atoms with Crippen LogP contribution in [0.2, 0.25) is 0 Å². The van der Waals surface area contributed by atoms with E-state index in [0.717, 1.165) is 12.8 Å². The summed E-state index contributed by atoms with van der Waals surface area (Å²) in [6, 6.07) is 0. The van der Waals surface area contributed by atoms with E-state index in [1.54, 1.807) is 37.8 Å². The van der Waals surface area contributed by atoms with Gasteiger partial charge in [0.1, 0.15) is 17.8 Å². The second-order valence-corrected chi connectivity index (χ2v) is 12.5. The zero-order valence-corrected chi connectivity index (χ0v) is 25.7. The standard InChI is InChI=1S/2C15H25NO4/c1-6-11(2)15(12(17)18)8-7-9-16(10-15)13(19)20-14(3,4)5;1-5-6-10-19-13(17)12-8-7-9-16(11-12)14(18)20-15(2,3)4/h6,11H,1,7-10H2,2-5H3,(H,17,18);5-6,12H,7-11H2,1-4H3/b;6-5+. The first-order valence-corrected chi connectivity index (χ1v) is 14.1. The number of aliphatic carboxylic acids is 1. The van der Waals surface area contributed by atoms with Gasteiger partial charge in [0.25, 0.3) is 0 Å². The van der Waals surface area contributed by atoms with E-state index in [9.17, 15) is 24.3 Å². The molecule has 0 aliphatic carbocycles. The maximum Gasteiger partial charge on any atom is 0.410 e. The Morgan fingerprint density at radius 1 is 1.00 bits per heavy atom. The highest BCUT2D eigenvalue weighted by molar-refractivity contribution is 5.78. The van der Waals surface area contributed by atoms with Crippen LogP contribution in [0.4, 0.5) is 9.59 Å². The number of hydrogen-bond acceptors (Lipinski definition) is 7. The lowest BCUT2D eigenvalue weighted by molar-refractivity contribution is -0.155. The predicted molar refractivity (Wildman–Crippen MR) is 153 cm³/mol. The number of nitrogens with zero attached hydrogens (tertiary/aromatic N) is 2. The molecule has 2 rings (SSSR count). The molecular formula is C30H50N2O8. The van der Waals surface area contributed by atoms with E-state index in [2.05, 4.69) is 6.58 Å². The highest BCUT2D eigenvalue weighted by atomic mass is 16.6. The Labute approximate surface area is 239 Å². The molecule has 0 radical (unpaired) electrons. The Bertz CT molecular complexity index is 918. The van der Waals surface area contributed by atoms with Crippen molar-refractivity contribution in [2.45, 2.75) is 92.3 Å². The SMILES string of the molecule is C/C=C/COC(=O)C1CCCN(C(=O)OC(C)(C)C)C1.C=CC(C)C1(C(=O)O)CCCN(C(=O)OC(C)(C)C)C1. The number of carboxylic acid groups (broad SMARTS) is 1. The van der Waals surface area contributed by atoms with Crippen LogP contribution in [0.3, 0.4) is 0 Å². The van der Waals surface area contributed by atoms with E-state index in [4.69, 9.17) is 14.2 Å². The van der Waals surface area contributed by atoms with Crippen LogP contribution in [-0.4, -0.2) is 83.0 Å². The maximum absolute atomic E-state index is 12.1. The maximum atomic E-state index is 12.1. The Balaban J connectivity index is 0.000000400. The van der Waals surface area contributed by atoms with Crippen molar-refractivity contribution in [3.63, 3.8) is 0 Å². The summed E-state index contributed by atoms with van der Waals surface area (Å²) in [7, 11) is 0. The number of carboxylic acids is 1. The normalized spacial score (nSPS) is 22.4. The number of hydrogen-bond donors (Lipinski definition) is 1. The fourth-order valence-electron chi connectivity index (χ4n) is 4.54. The minimum atomic E-state index is -0.961. The second-order valence-electron chi connectivity index (χ2n) is 12.5. The Kier molecular flexibility index (Phi) is 13.2. The number of ether oxygens (including phenoxy) is 3. The van der Waals surface area contributed by atoms with Gasteiger partial charge in [-0.25, -0.2) is 9.59 Å². The molecule has 2 saturated heterocycles. The first-order chi connectivity index (χ1) is 18.5. The number of carbonyl (C=O) groups excluding carboxylic acids is 3. The van der Waals surface area contributed by atoms with E-state index in [1.165, 1.54) is 4.90 Å². The van der Waals surface area contributed by atoms with E-state index in [-0.39, 0.29) is 37.0 Å². The van der Waals surface area contributed by atoms with Crippen LogP contribution in [0, 0.1) is 17.3 Å². The smallest absolute Gasteiger partial charge is 0.410 e. The van der Waals surface area contributed by atoms with Crippen molar-refractivity contribution in [3.05, 3.63) is 24.8 Å². The number of rotatable bonds is 6. The molecule has 3 atom stereocenters. The molecule has 0 spiro atoms. The van der Waals surface area contributed by atoms with Gasteiger partial charge in [0, 0.05) is 26.2 Å². The number of esters is 1. The Hall–Kier alpha value is -3.04. The molecule has 10 nitrogen and oxygen atoms in total. The molecule has 2 aliphatic rings. The van der Waals surface area contributed by atoms with E-state index in [1.807, 2.05) is 40.7 Å². The van der Waals surface area contributed by atoms with Crippen LogP contribution in [0.5, 0.6) is 0 Å². The molecule has 2 fully saturated rings. The van der Waals surface area contributed by atoms with Gasteiger partial charge in [-0.05, 0) is 80.1 Å². The van der Waals surface area contributed by atoms with Crippen LogP contribution in [0.15, 0.2) is 24.8 Å². The van der Waals surface area contributed by atoms with Gasteiger partial charge in [0.2, 0.25) is 0 Å². The quantitative estimate of drug-likeness (QED) is 0.248. The van der Waals surface area contributed by atoms with Crippen molar-refractivity contribution >= 4 is 24.1 Å². The largest absolute Gasteiger partial charge is 0.481 e. The topological polar surface area (TPSA) is 123 Å². The molecule has 0 bridgehead atoms. The molecule has 1 N–H and O–H groups in total. The van der Waals surface area contributed by atoms with Crippen LogP contribution in [0.1, 0.15) is 81.1 Å². The first kappa shape index (κ1) is 35.0. The van der Waals surface area contributed by atoms with Crippen LogP contribution < -0.4 is 0 Å². The highest BCUT2D eigenvalue weighted by Crippen LogP contribution is 2.38. The van der Waals surface area contributed by atoms with Crippen LogP contribution >= 0.6 is 0 Å². The number of allylic oxidation sites excluding steroid dienone is 2. The zero-order valence-electron chi connectivity index (χ0n) is 25.7. The lowest BCUT2D eigenvalue weighted by Crippen LogP contribution is -2.53. The summed E-state index contributed by atoms with van der Waals surface area (Å²) in [6.07, 6.45) is 7.22. The van der Waals surface area contributed by atoms with Gasteiger partial charge in [-0.3, -0.25) is 9.59 Å². The van der Waals surface area contributed by atoms with Crippen LogP contribution in [-0.2, 0) is 23.8 Å². The molecule has 2 aliphatic heterocycles. The van der Waals surface area contributed by atoms with E-state index in [0.29, 0.717) is 32.5 Å². The fraction of sp³-hybridized carbons (Fsp3) is 0.733. The van der Waals surface area contributed by atoms with Crippen LogP contribution in [0.25, 0.3) is 0 Å².